The normalized spacial score (nSPS) is 13.8. The fraction of sp³-hybridized carbons (Fsp3) is 0.267. The summed E-state index contributed by atoms with van der Waals surface area (Å²) in [6.07, 6.45) is 10.4. The molecule has 0 radical (unpaired) electrons. The van der Waals surface area contributed by atoms with Crippen molar-refractivity contribution in [2.24, 2.45) is 0 Å². The molecule has 3 aromatic heterocycles. The minimum atomic E-state index is -1.58. The molecule has 0 aliphatic carbocycles. The van der Waals surface area contributed by atoms with Gasteiger partial charge in [-0.25, -0.2) is 4.98 Å². The van der Waals surface area contributed by atoms with Gasteiger partial charge in [0.1, 0.15) is 11.4 Å². The van der Waals surface area contributed by atoms with Gasteiger partial charge in [-0.05, 0) is 55.0 Å². The van der Waals surface area contributed by atoms with E-state index in [0.29, 0.717) is 30.4 Å². The van der Waals surface area contributed by atoms with E-state index in [2.05, 4.69) is 32.7 Å². The van der Waals surface area contributed by atoms with Crippen LogP contribution in [0.15, 0.2) is 91.5 Å². The van der Waals surface area contributed by atoms with Gasteiger partial charge >= 0.3 is 0 Å². The summed E-state index contributed by atoms with van der Waals surface area (Å²) in [6, 6.07) is 20.2. The number of fused-ring (bicyclic) bond motifs is 1. The molecule has 1 aromatic carbocycles. The second-order valence-corrected chi connectivity index (χ2v) is 9.36. The molecule has 4 aromatic rings. The number of hydrogen-bond acceptors (Lipinski definition) is 6. The molecule has 7 nitrogen and oxygen atoms in total. The van der Waals surface area contributed by atoms with Gasteiger partial charge in [0, 0.05) is 54.6 Å². The van der Waals surface area contributed by atoms with Crippen molar-refractivity contribution in [1.82, 2.24) is 20.3 Å². The molecule has 188 valence electrons. The molecular formula is C30H31N5O2. The highest BCUT2D eigenvalue weighted by atomic mass is 16.3. The smallest absolute Gasteiger partial charge is 0.220 e. The Hall–Kier alpha value is -4.10. The molecule has 1 atom stereocenters. The van der Waals surface area contributed by atoms with E-state index < -0.39 is 11.6 Å². The van der Waals surface area contributed by atoms with Crippen LogP contribution in [-0.4, -0.2) is 32.5 Å². The number of nitrogens with one attached hydrogen (secondary N) is 2. The van der Waals surface area contributed by atoms with Crippen molar-refractivity contribution in [3.63, 3.8) is 0 Å². The summed E-state index contributed by atoms with van der Waals surface area (Å²) >= 11 is 0. The summed E-state index contributed by atoms with van der Waals surface area (Å²) < 4.78 is 0. The Kier molecular flexibility index (Phi) is 7.51. The molecule has 0 spiro atoms. The number of carbonyl (C=O) groups excluding carboxylic acids is 1. The van der Waals surface area contributed by atoms with Gasteiger partial charge in [-0.2, -0.15) is 0 Å². The maximum atomic E-state index is 13.3. The van der Waals surface area contributed by atoms with Crippen molar-refractivity contribution in [3.05, 3.63) is 119 Å². The lowest BCUT2D eigenvalue weighted by atomic mass is 9.78. The number of hydrogen-bond donors (Lipinski definition) is 3. The van der Waals surface area contributed by atoms with Crippen molar-refractivity contribution in [2.75, 3.05) is 11.9 Å². The molecule has 0 saturated heterocycles. The van der Waals surface area contributed by atoms with Gasteiger partial charge in [0.2, 0.25) is 5.91 Å². The van der Waals surface area contributed by atoms with E-state index in [4.69, 9.17) is 4.98 Å². The quantitative estimate of drug-likeness (QED) is 0.321. The van der Waals surface area contributed by atoms with Gasteiger partial charge in [-0.15, -0.1) is 0 Å². The van der Waals surface area contributed by atoms with E-state index in [1.54, 1.807) is 36.9 Å². The third-order valence-electron chi connectivity index (χ3n) is 6.85. The van der Waals surface area contributed by atoms with E-state index in [1.165, 1.54) is 5.56 Å². The number of aromatic nitrogens is 3. The Balaban J connectivity index is 1.37. The number of aliphatic hydroxyl groups is 1. The van der Waals surface area contributed by atoms with E-state index >= 15 is 0 Å². The molecule has 3 N–H and O–H groups in total. The number of nitrogens with zero attached hydrogens (tertiary/aromatic N) is 3. The van der Waals surface area contributed by atoms with Crippen LogP contribution in [0.3, 0.4) is 0 Å². The minimum Gasteiger partial charge on any atom is -0.378 e. The molecular weight excluding hydrogens is 462 g/mol. The predicted molar refractivity (Wildman–Crippen MR) is 143 cm³/mol. The lowest BCUT2D eigenvalue weighted by Crippen LogP contribution is -2.45. The number of carbonyl (C=O) groups is 1. The summed E-state index contributed by atoms with van der Waals surface area (Å²) in [7, 11) is 0. The van der Waals surface area contributed by atoms with Crippen molar-refractivity contribution in [1.29, 1.82) is 0 Å². The Labute approximate surface area is 217 Å². The largest absolute Gasteiger partial charge is 0.378 e. The van der Waals surface area contributed by atoms with Crippen LogP contribution in [0.1, 0.15) is 53.3 Å². The first-order valence-corrected chi connectivity index (χ1v) is 12.7. The predicted octanol–water partition coefficient (Wildman–Crippen LogP) is 4.35. The summed E-state index contributed by atoms with van der Waals surface area (Å²) in [5.74, 6) is 0.825. The van der Waals surface area contributed by atoms with Crippen molar-refractivity contribution < 1.29 is 9.90 Å². The SMILES string of the molecule is O=C(CCCc1ccc2c(n1)NCCC2)N[C@H](c1ccccc1)C(O)(c1cccnc1)c1cccnc1. The molecule has 0 saturated carbocycles. The van der Waals surface area contributed by atoms with Gasteiger partial charge in [0.15, 0.2) is 0 Å². The molecule has 0 unspecified atom stereocenters. The van der Waals surface area contributed by atoms with Gasteiger partial charge in [-0.1, -0.05) is 48.5 Å². The summed E-state index contributed by atoms with van der Waals surface area (Å²) in [5.41, 5.74) is 2.58. The average molecular weight is 494 g/mol. The third-order valence-corrected chi connectivity index (χ3v) is 6.85. The minimum absolute atomic E-state index is 0.142. The van der Waals surface area contributed by atoms with Crippen LogP contribution in [-0.2, 0) is 23.2 Å². The summed E-state index contributed by atoms with van der Waals surface area (Å²) in [5, 5.41) is 18.8. The number of pyridine rings is 3. The fourth-order valence-corrected chi connectivity index (χ4v) is 4.92. The number of anilines is 1. The maximum absolute atomic E-state index is 13.3. The molecule has 7 heteroatoms. The van der Waals surface area contributed by atoms with Crippen LogP contribution in [0.5, 0.6) is 0 Å². The Morgan fingerprint density at radius 1 is 0.973 bits per heavy atom. The topological polar surface area (TPSA) is 100 Å². The maximum Gasteiger partial charge on any atom is 0.220 e. The van der Waals surface area contributed by atoms with Gasteiger partial charge in [0.25, 0.3) is 0 Å². The highest BCUT2D eigenvalue weighted by Crippen LogP contribution is 2.40. The fourth-order valence-electron chi connectivity index (χ4n) is 4.92. The number of benzene rings is 1. The van der Waals surface area contributed by atoms with Crippen molar-refractivity contribution in [3.8, 4) is 0 Å². The van der Waals surface area contributed by atoms with E-state index in [-0.39, 0.29) is 5.91 Å². The molecule has 1 aliphatic heterocycles. The van der Waals surface area contributed by atoms with Crippen LogP contribution in [0.25, 0.3) is 0 Å². The first-order valence-electron chi connectivity index (χ1n) is 12.7. The second kappa shape index (κ2) is 11.3. The van der Waals surface area contributed by atoms with Crippen LogP contribution in [0.2, 0.25) is 0 Å². The second-order valence-electron chi connectivity index (χ2n) is 9.36. The highest BCUT2D eigenvalue weighted by molar-refractivity contribution is 5.77. The Bertz CT molecular complexity index is 1280. The molecule has 5 rings (SSSR count). The van der Waals surface area contributed by atoms with Gasteiger partial charge in [-0.3, -0.25) is 14.8 Å². The van der Waals surface area contributed by atoms with E-state index in [0.717, 1.165) is 36.5 Å². The van der Waals surface area contributed by atoms with Crippen molar-refractivity contribution in [2.45, 2.75) is 43.7 Å². The number of rotatable bonds is 9. The molecule has 1 aliphatic rings. The Morgan fingerprint density at radius 2 is 1.70 bits per heavy atom. The molecule has 0 bridgehead atoms. The van der Waals surface area contributed by atoms with Crippen LogP contribution in [0, 0.1) is 0 Å². The third kappa shape index (κ3) is 5.52. The zero-order valence-corrected chi connectivity index (χ0v) is 20.7. The standard InChI is InChI=1S/C30H31N5O2/c36-27(14-4-13-26-16-15-23-10-5-19-33-29(23)34-26)35-28(22-8-2-1-3-9-22)30(37,24-11-6-17-31-20-24)25-12-7-18-32-21-25/h1-3,6-9,11-12,15-18,20-21,28,37H,4-5,10,13-14,19H2,(H,33,34)(H,35,36)/t28-/m1/s1. The zero-order valence-electron chi connectivity index (χ0n) is 20.7. The van der Waals surface area contributed by atoms with Crippen molar-refractivity contribution >= 4 is 11.7 Å². The Morgan fingerprint density at radius 3 is 2.38 bits per heavy atom. The van der Waals surface area contributed by atoms with Crippen LogP contribution < -0.4 is 10.6 Å². The highest BCUT2D eigenvalue weighted by Gasteiger charge is 2.42. The number of aryl methyl sites for hydroxylation is 2. The van der Waals surface area contributed by atoms with Gasteiger partial charge in [0.05, 0.1) is 6.04 Å². The lowest BCUT2D eigenvalue weighted by molar-refractivity contribution is -0.124. The molecule has 4 heterocycles. The van der Waals surface area contributed by atoms with Crippen LogP contribution >= 0.6 is 0 Å². The molecule has 37 heavy (non-hydrogen) atoms. The van der Waals surface area contributed by atoms with Gasteiger partial charge < -0.3 is 15.7 Å². The van der Waals surface area contributed by atoms with Crippen LogP contribution in [0.4, 0.5) is 5.82 Å². The summed E-state index contributed by atoms with van der Waals surface area (Å²) in [4.78, 5) is 26.5. The first-order chi connectivity index (χ1) is 18.1. The van der Waals surface area contributed by atoms with E-state index in [1.807, 2.05) is 42.5 Å². The lowest BCUT2D eigenvalue weighted by Gasteiger charge is -2.37. The zero-order chi connectivity index (χ0) is 25.5. The average Bonchev–Trinajstić information content (AvgIpc) is 2.97. The first kappa shape index (κ1) is 24.6. The molecule has 0 fully saturated rings. The summed E-state index contributed by atoms with van der Waals surface area (Å²) in [6.45, 7) is 0.948. The monoisotopic (exact) mass is 493 g/mol. The molecule has 1 amide bonds. The van der Waals surface area contributed by atoms with E-state index in [9.17, 15) is 9.90 Å². The number of amides is 1.